The van der Waals surface area contributed by atoms with Gasteiger partial charge in [-0.05, 0) is 104 Å². The monoisotopic (exact) mass is 971 g/mol. The summed E-state index contributed by atoms with van der Waals surface area (Å²) in [4.78, 5) is 26.6. The molecule has 0 aromatic heterocycles. The largest absolute Gasteiger partial charge is 0.457 e. The van der Waals surface area contributed by atoms with Gasteiger partial charge in [-0.25, -0.2) is 0 Å². The van der Waals surface area contributed by atoms with Crippen molar-refractivity contribution >= 4 is 11.9 Å². The maximum absolute atomic E-state index is 15.0. The fraction of sp³-hybridized carbons (Fsp3) is 0.918. The Bertz CT molecular complexity index is 1880. The molecule has 68 heavy (non-hydrogen) atoms. The number of hydrogen-bond acceptors (Lipinski definition) is 19. The highest BCUT2D eigenvalue weighted by Gasteiger charge is 2.70. The van der Waals surface area contributed by atoms with E-state index in [2.05, 4.69) is 40.7 Å². The number of ether oxygens (including phenoxy) is 7. The molecule has 0 radical (unpaired) electrons. The van der Waals surface area contributed by atoms with E-state index in [-0.39, 0.29) is 52.6 Å². The van der Waals surface area contributed by atoms with Crippen LogP contribution in [0.5, 0.6) is 0 Å². The van der Waals surface area contributed by atoms with E-state index in [0.29, 0.717) is 32.1 Å². The molecule has 23 atom stereocenters. The number of hydrogen-bond donors (Lipinski definition) is 10. The van der Waals surface area contributed by atoms with Crippen LogP contribution in [0.15, 0.2) is 11.6 Å². The number of fused-ring (bicyclic) bond motifs is 7. The van der Waals surface area contributed by atoms with Crippen LogP contribution in [0.1, 0.15) is 113 Å². The summed E-state index contributed by atoms with van der Waals surface area (Å²) in [5.41, 5.74) is -1.35. The van der Waals surface area contributed by atoms with Crippen LogP contribution in [0, 0.1) is 50.2 Å². The van der Waals surface area contributed by atoms with Crippen molar-refractivity contribution in [3.05, 3.63) is 11.6 Å². The van der Waals surface area contributed by atoms with Crippen LogP contribution in [0.2, 0.25) is 0 Å². The van der Waals surface area contributed by atoms with E-state index >= 15 is 0 Å². The highest BCUT2D eigenvalue weighted by atomic mass is 16.7. The predicted molar refractivity (Wildman–Crippen MR) is 235 cm³/mol. The Morgan fingerprint density at radius 1 is 0.691 bits per heavy atom. The van der Waals surface area contributed by atoms with Gasteiger partial charge in [-0.3, -0.25) is 9.59 Å². The summed E-state index contributed by atoms with van der Waals surface area (Å²) in [6, 6.07) is 0. The van der Waals surface area contributed by atoms with Crippen LogP contribution in [-0.4, -0.2) is 182 Å². The van der Waals surface area contributed by atoms with Gasteiger partial charge in [-0.15, -0.1) is 0 Å². The van der Waals surface area contributed by atoms with E-state index in [1.807, 2.05) is 6.92 Å². The summed E-state index contributed by atoms with van der Waals surface area (Å²) in [6.45, 7) is 13.3. The second kappa shape index (κ2) is 18.8. The fourth-order valence-corrected chi connectivity index (χ4v) is 15.0. The van der Waals surface area contributed by atoms with Gasteiger partial charge in [-0.1, -0.05) is 53.2 Å². The molecule has 3 aliphatic heterocycles. The minimum atomic E-state index is -1.82. The number of aliphatic hydroxyl groups is 10. The third-order valence-corrected chi connectivity index (χ3v) is 19.3. The van der Waals surface area contributed by atoms with Crippen LogP contribution in [0.4, 0.5) is 0 Å². The lowest BCUT2D eigenvalue weighted by atomic mass is 9.33. The second-order valence-electron chi connectivity index (χ2n) is 23.5. The summed E-state index contributed by atoms with van der Waals surface area (Å²) >= 11 is 0. The molecule has 10 N–H and O–H groups in total. The molecule has 0 bridgehead atoms. The van der Waals surface area contributed by atoms with Gasteiger partial charge < -0.3 is 84.2 Å². The quantitative estimate of drug-likeness (QED) is 0.0801. The highest BCUT2D eigenvalue weighted by molar-refractivity contribution is 5.79. The third-order valence-electron chi connectivity index (χ3n) is 19.3. The molecule has 19 heteroatoms. The van der Waals surface area contributed by atoms with Crippen LogP contribution < -0.4 is 0 Å². The molecule has 0 spiro atoms. The van der Waals surface area contributed by atoms with Crippen molar-refractivity contribution in [1.29, 1.82) is 0 Å². The Kier molecular flexibility index (Phi) is 14.5. The smallest absolute Gasteiger partial charge is 0.315 e. The normalized spacial score (nSPS) is 52.3. The van der Waals surface area contributed by atoms with Gasteiger partial charge in [-0.2, -0.15) is 0 Å². The van der Waals surface area contributed by atoms with Gasteiger partial charge in [0.15, 0.2) is 18.7 Å². The number of carbonyl (C=O) groups is 2. The average Bonchev–Trinajstić information content (AvgIpc) is 3.29. The predicted octanol–water partition coefficient (Wildman–Crippen LogP) is 0.323. The van der Waals surface area contributed by atoms with Crippen LogP contribution in [-0.2, 0) is 42.7 Å². The molecule has 0 aromatic rings. The van der Waals surface area contributed by atoms with Crippen molar-refractivity contribution in [3.63, 3.8) is 0 Å². The molecule has 7 fully saturated rings. The Hall–Kier alpha value is -1.92. The maximum atomic E-state index is 15.0. The first-order chi connectivity index (χ1) is 31.8. The summed E-state index contributed by atoms with van der Waals surface area (Å²) in [6.07, 6.45) is -12.6. The molecule has 0 amide bonds. The van der Waals surface area contributed by atoms with E-state index in [9.17, 15) is 60.7 Å². The van der Waals surface area contributed by atoms with Crippen LogP contribution in [0.25, 0.3) is 0 Å². The lowest BCUT2D eigenvalue weighted by molar-refractivity contribution is -0.328. The maximum Gasteiger partial charge on any atom is 0.315 e. The van der Waals surface area contributed by atoms with Crippen LogP contribution >= 0.6 is 0 Å². The molecule has 5 aliphatic carbocycles. The lowest BCUT2D eigenvalue weighted by Gasteiger charge is -2.71. The lowest BCUT2D eigenvalue weighted by Crippen LogP contribution is -2.67. The Morgan fingerprint density at radius 3 is 1.99 bits per heavy atom. The molecule has 388 valence electrons. The topological polar surface area (TPSA) is 301 Å². The molecular formula is C49H78O19. The molecule has 0 unspecified atom stereocenters. The number of carbonyl (C=O) groups excluding carboxylic acids is 2. The minimum absolute atomic E-state index is 0.0309. The van der Waals surface area contributed by atoms with E-state index in [1.54, 1.807) is 0 Å². The van der Waals surface area contributed by atoms with E-state index in [4.69, 9.17) is 33.2 Å². The molecule has 0 aromatic carbocycles. The van der Waals surface area contributed by atoms with Gasteiger partial charge in [0.05, 0.1) is 37.9 Å². The minimum Gasteiger partial charge on any atom is -0.457 e. The van der Waals surface area contributed by atoms with Crippen LogP contribution in [0.3, 0.4) is 0 Å². The highest BCUT2D eigenvalue weighted by Crippen LogP contribution is 2.76. The summed E-state index contributed by atoms with van der Waals surface area (Å²) < 4.78 is 40.6. The van der Waals surface area contributed by atoms with Crippen molar-refractivity contribution in [2.75, 3.05) is 26.4 Å². The van der Waals surface area contributed by atoms with Gasteiger partial charge in [0.1, 0.15) is 61.0 Å². The van der Waals surface area contributed by atoms with E-state index < -0.39 is 128 Å². The Morgan fingerprint density at radius 2 is 1.32 bits per heavy atom. The molecule has 3 saturated heterocycles. The summed E-state index contributed by atoms with van der Waals surface area (Å²) in [5.74, 6) is -1.15. The average molecular weight is 971 g/mol. The first-order valence-corrected chi connectivity index (χ1v) is 24.8. The first-order valence-electron chi connectivity index (χ1n) is 24.8. The zero-order chi connectivity index (χ0) is 49.7. The number of esters is 2. The van der Waals surface area contributed by atoms with E-state index in [0.717, 1.165) is 32.1 Å². The summed E-state index contributed by atoms with van der Waals surface area (Å²) in [7, 11) is 0. The Labute approximate surface area is 398 Å². The molecule has 8 rings (SSSR count). The Balaban J connectivity index is 1.01. The number of allylic oxidation sites excluding steroid dienone is 2. The van der Waals surface area contributed by atoms with Crippen molar-refractivity contribution < 1.29 is 93.8 Å². The first kappa shape index (κ1) is 52.4. The van der Waals surface area contributed by atoms with Crippen molar-refractivity contribution in [3.8, 4) is 0 Å². The molecule has 4 saturated carbocycles. The SMILES string of the molecule is CC(=O)O[C@@H]1CO[C@@H](O[C@H]2CC[C@@]3(C)[C@@H](CC[C@@]4(C)[C@@H]3CC=C3[C@@H]5CC(C)(C)CC[C@@]5(C(=O)O[C@H]5O[C@@H](CO[C@@H]6O[C@H](CO)[C@H](O)[C@H](O)[C@@H]6O)[C@H](O)[C@@H](O)[C@@H]5O)CC[C@@]34C)[C@]2(C)CO)[C@H](O)[C@@H]1O. The van der Waals surface area contributed by atoms with Gasteiger partial charge in [0.2, 0.25) is 6.29 Å². The number of aliphatic hydroxyl groups excluding tert-OH is 10. The molecule has 3 heterocycles. The fourth-order valence-electron chi connectivity index (χ4n) is 15.0. The zero-order valence-electron chi connectivity index (χ0n) is 40.5. The third kappa shape index (κ3) is 8.41. The molecule has 19 nitrogen and oxygen atoms in total. The zero-order valence-corrected chi connectivity index (χ0v) is 40.5. The van der Waals surface area contributed by atoms with Crippen molar-refractivity contribution in [2.45, 2.75) is 205 Å². The second-order valence-corrected chi connectivity index (χ2v) is 23.5. The van der Waals surface area contributed by atoms with Crippen molar-refractivity contribution in [1.82, 2.24) is 0 Å². The summed E-state index contributed by atoms with van der Waals surface area (Å²) in [5, 5.41) is 107. The molecule has 8 aliphatic rings. The van der Waals surface area contributed by atoms with Gasteiger partial charge in [0, 0.05) is 12.3 Å². The van der Waals surface area contributed by atoms with Gasteiger partial charge in [0.25, 0.3) is 0 Å². The van der Waals surface area contributed by atoms with Crippen molar-refractivity contribution in [2.24, 2.45) is 50.2 Å². The standard InChI is InChI=1S/C49H78O19/c1-23(52)64-27-20-63-41(37(58)34(27)55)67-31-11-12-45(4)29(46(31,5)22-51)10-13-48(7)30(45)9-8-24-25-18-44(2,3)14-16-49(25,17-15-47(24,48)6)43(61)68-42-39(60)36(57)33(54)28(66-42)21-62-40-38(59)35(56)32(53)26(19-50)65-40/h8,25-42,50-51,53-60H,9-22H2,1-7H3/t25-,26+,27+,28-,29+,30+,31-,32-,33-,34+,35-,36+,37+,38-,39-,40+,41-,42+,45-,46-,47-,48-,49+/m0/s1. The van der Waals surface area contributed by atoms with Gasteiger partial charge >= 0.3 is 11.9 Å². The van der Waals surface area contributed by atoms with E-state index in [1.165, 1.54) is 12.5 Å². The molecular weight excluding hydrogens is 893 g/mol. The number of rotatable bonds is 10.